The predicted octanol–water partition coefficient (Wildman–Crippen LogP) is 5.96. The Morgan fingerprint density at radius 1 is 0.912 bits per heavy atom. The summed E-state index contributed by atoms with van der Waals surface area (Å²) in [5, 5.41) is 0. The van der Waals surface area contributed by atoms with E-state index in [2.05, 4.69) is 70.3 Å². The lowest BCUT2D eigenvalue weighted by Gasteiger charge is -2.33. The van der Waals surface area contributed by atoms with Crippen LogP contribution in [0, 0.1) is 13.8 Å². The SMILES string of the molecule is Cc1ccc(C2=Cc3c(N4CCC(c5nc(-c6ccccc6)c(C)[nH]5)CC4)ccnc3C2)cn1. The number of anilines is 1. The van der Waals surface area contributed by atoms with Crippen LogP contribution in [0.5, 0.6) is 0 Å². The summed E-state index contributed by atoms with van der Waals surface area (Å²) in [6, 6.07) is 16.9. The van der Waals surface area contributed by atoms with Gasteiger partial charge in [0.1, 0.15) is 5.82 Å². The molecule has 2 aliphatic rings. The highest BCUT2D eigenvalue weighted by atomic mass is 15.1. The third kappa shape index (κ3) is 3.81. The summed E-state index contributed by atoms with van der Waals surface area (Å²) in [4.78, 5) is 20.3. The minimum atomic E-state index is 0.465. The summed E-state index contributed by atoms with van der Waals surface area (Å²) in [6.07, 6.45) is 9.32. The molecule has 0 atom stereocenters. The Labute approximate surface area is 200 Å². The molecule has 1 N–H and O–H groups in total. The van der Waals surface area contributed by atoms with Crippen molar-refractivity contribution in [2.45, 2.75) is 39.0 Å². The molecule has 5 nitrogen and oxygen atoms in total. The molecular formula is C29H29N5. The van der Waals surface area contributed by atoms with E-state index in [1.165, 1.54) is 33.6 Å². The number of benzene rings is 1. The zero-order valence-corrected chi connectivity index (χ0v) is 19.8. The van der Waals surface area contributed by atoms with Crippen LogP contribution in [-0.2, 0) is 6.42 Å². The van der Waals surface area contributed by atoms with Gasteiger partial charge in [-0.1, -0.05) is 36.4 Å². The van der Waals surface area contributed by atoms with Crippen LogP contribution in [-0.4, -0.2) is 33.0 Å². The smallest absolute Gasteiger partial charge is 0.110 e. The average Bonchev–Trinajstić information content (AvgIpc) is 3.49. The minimum absolute atomic E-state index is 0.465. The normalized spacial score (nSPS) is 15.9. The quantitative estimate of drug-likeness (QED) is 0.419. The van der Waals surface area contributed by atoms with Crippen LogP contribution in [0.2, 0.25) is 0 Å². The number of pyridine rings is 2. The van der Waals surface area contributed by atoms with Gasteiger partial charge in [0, 0.05) is 66.0 Å². The molecule has 34 heavy (non-hydrogen) atoms. The van der Waals surface area contributed by atoms with Crippen LogP contribution >= 0.6 is 0 Å². The molecule has 0 amide bonds. The van der Waals surface area contributed by atoms with Gasteiger partial charge in [-0.15, -0.1) is 0 Å². The average molecular weight is 448 g/mol. The fraction of sp³-hybridized carbons (Fsp3) is 0.276. The van der Waals surface area contributed by atoms with Crippen molar-refractivity contribution in [2.24, 2.45) is 0 Å². The lowest BCUT2D eigenvalue weighted by Crippen LogP contribution is -2.33. The molecule has 5 heteroatoms. The Morgan fingerprint density at radius 2 is 1.74 bits per heavy atom. The summed E-state index contributed by atoms with van der Waals surface area (Å²) in [7, 11) is 0. The third-order valence-electron chi connectivity index (χ3n) is 7.18. The zero-order valence-electron chi connectivity index (χ0n) is 19.8. The third-order valence-corrected chi connectivity index (χ3v) is 7.18. The standard InChI is InChI=1S/C29H29N5/c1-19-8-9-23(18-31-19)24-16-25-26(17-24)30-13-10-27(25)34-14-11-22(12-15-34)29-32-20(2)28(33-29)21-6-4-3-5-7-21/h3-10,13,16,18,22H,11-12,14-15,17H2,1-2H3,(H,32,33). The highest BCUT2D eigenvalue weighted by Crippen LogP contribution is 2.38. The second-order valence-electron chi connectivity index (χ2n) is 9.45. The summed E-state index contributed by atoms with van der Waals surface area (Å²) in [5.74, 6) is 1.59. The Bertz CT molecular complexity index is 1340. The van der Waals surface area contributed by atoms with Crippen LogP contribution in [0.3, 0.4) is 0 Å². The summed E-state index contributed by atoms with van der Waals surface area (Å²) in [5.41, 5.74) is 10.7. The van der Waals surface area contributed by atoms with Gasteiger partial charge in [0.25, 0.3) is 0 Å². The van der Waals surface area contributed by atoms with Crippen LogP contribution in [0.1, 0.15) is 52.8 Å². The number of hydrogen-bond acceptors (Lipinski definition) is 4. The van der Waals surface area contributed by atoms with Crippen molar-refractivity contribution in [2.75, 3.05) is 18.0 Å². The van der Waals surface area contributed by atoms with E-state index in [9.17, 15) is 0 Å². The number of aromatic nitrogens is 4. The molecule has 3 aromatic heterocycles. The van der Waals surface area contributed by atoms with Crippen LogP contribution in [0.4, 0.5) is 5.69 Å². The molecule has 0 saturated carbocycles. The predicted molar refractivity (Wildman–Crippen MR) is 138 cm³/mol. The number of piperidine rings is 1. The first-order valence-electron chi connectivity index (χ1n) is 12.1. The van der Waals surface area contributed by atoms with Crippen LogP contribution in [0.25, 0.3) is 22.9 Å². The van der Waals surface area contributed by atoms with E-state index >= 15 is 0 Å². The van der Waals surface area contributed by atoms with Gasteiger partial charge < -0.3 is 9.88 Å². The Hall–Kier alpha value is -3.73. The maximum absolute atomic E-state index is 5.01. The molecule has 4 aromatic rings. The second kappa shape index (κ2) is 8.56. The Morgan fingerprint density at radius 3 is 2.50 bits per heavy atom. The summed E-state index contributed by atoms with van der Waals surface area (Å²) >= 11 is 0. The summed E-state index contributed by atoms with van der Waals surface area (Å²) in [6.45, 7) is 6.20. The van der Waals surface area contributed by atoms with Crippen LogP contribution in [0.15, 0.2) is 60.9 Å². The van der Waals surface area contributed by atoms with Crippen molar-refractivity contribution in [3.8, 4) is 11.3 Å². The van der Waals surface area contributed by atoms with E-state index in [0.29, 0.717) is 5.92 Å². The first-order chi connectivity index (χ1) is 16.7. The highest BCUT2D eigenvalue weighted by Gasteiger charge is 2.27. The molecule has 1 saturated heterocycles. The maximum atomic E-state index is 5.01. The molecular weight excluding hydrogens is 418 g/mol. The van der Waals surface area contributed by atoms with E-state index in [1.54, 1.807) is 0 Å². The van der Waals surface area contributed by atoms with Gasteiger partial charge in [0.15, 0.2) is 0 Å². The number of hydrogen-bond donors (Lipinski definition) is 1. The Kier molecular flexibility index (Phi) is 5.25. The van der Waals surface area contributed by atoms with Crippen molar-refractivity contribution >= 4 is 17.3 Å². The number of rotatable bonds is 4. The molecule has 1 aliphatic heterocycles. The van der Waals surface area contributed by atoms with Gasteiger partial charge in [-0.25, -0.2) is 4.98 Å². The number of H-pyrrole nitrogens is 1. The van der Waals surface area contributed by atoms with E-state index in [4.69, 9.17) is 9.97 Å². The molecule has 1 fully saturated rings. The molecule has 0 bridgehead atoms. The number of aromatic amines is 1. The number of allylic oxidation sites excluding steroid dienone is 1. The minimum Gasteiger partial charge on any atom is -0.371 e. The first kappa shape index (κ1) is 20.8. The lowest BCUT2D eigenvalue weighted by atomic mass is 9.95. The van der Waals surface area contributed by atoms with E-state index in [1.807, 2.05) is 25.4 Å². The van der Waals surface area contributed by atoms with Gasteiger partial charge in [-0.3, -0.25) is 9.97 Å². The fourth-order valence-corrected chi connectivity index (χ4v) is 5.28. The Balaban J connectivity index is 1.20. The molecule has 170 valence electrons. The lowest BCUT2D eigenvalue weighted by molar-refractivity contribution is 0.488. The maximum Gasteiger partial charge on any atom is 0.110 e. The first-order valence-corrected chi connectivity index (χ1v) is 12.1. The van der Waals surface area contributed by atoms with Crippen molar-refractivity contribution in [3.05, 3.63) is 95.0 Å². The number of fused-ring (bicyclic) bond motifs is 1. The van der Waals surface area contributed by atoms with E-state index in [-0.39, 0.29) is 0 Å². The van der Waals surface area contributed by atoms with Gasteiger partial charge in [0.05, 0.1) is 11.4 Å². The topological polar surface area (TPSA) is 57.7 Å². The highest BCUT2D eigenvalue weighted by molar-refractivity contribution is 5.91. The molecule has 0 unspecified atom stereocenters. The molecule has 1 aliphatic carbocycles. The van der Waals surface area contributed by atoms with E-state index < -0.39 is 0 Å². The van der Waals surface area contributed by atoms with E-state index in [0.717, 1.165) is 55.3 Å². The molecule has 4 heterocycles. The molecule has 0 radical (unpaired) electrons. The van der Waals surface area contributed by atoms with Gasteiger partial charge in [0.2, 0.25) is 0 Å². The van der Waals surface area contributed by atoms with Crippen molar-refractivity contribution in [3.63, 3.8) is 0 Å². The second-order valence-corrected chi connectivity index (χ2v) is 9.45. The summed E-state index contributed by atoms with van der Waals surface area (Å²) < 4.78 is 0. The largest absolute Gasteiger partial charge is 0.371 e. The van der Waals surface area contributed by atoms with Gasteiger partial charge in [-0.2, -0.15) is 0 Å². The number of imidazole rings is 1. The van der Waals surface area contributed by atoms with Crippen molar-refractivity contribution in [1.29, 1.82) is 0 Å². The monoisotopic (exact) mass is 447 g/mol. The zero-order chi connectivity index (χ0) is 23.1. The number of nitrogens with one attached hydrogen (secondary N) is 1. The number of nitrogens with zero attached hydrogens (tertiary/aromatic N) is 4. The molecule has 1 aromatic carbocycles. The van der Waals surface area contributed by atoms with Crippen LogP contribution < -0.4 is 4.90 Å². The molecule has 0 spiro atoms. The fourth-order valence-electron chi connectivity index (χ4n) is 5.28. The molecule has 6 rings (SSSR count). The number of aryl methyl sites for hydroxylation is 2. The van der Waals surface area contributed by atoms with Crippen molar-refractivity contribution < 1.29 is 0 Å². The van der Waals surface area contributed by atoms with Crippen molar-refractivity contribution in [1.82, 2.24) is 19.9 Å². The van der Waals surface area contributed by atoms with Gasteiger partial charge >= 0.3 is 0 Å². The van der Waals surface area contributed by atoms with Gasteiger partial charge in [-0.05, 0) is 56.0 Å².